The quantitative estimate of drug-likeness (QED) is 0.762. The van der Waals surface area contributed by atoms with Crippen molar-refractivity contribution in [2.24, 2.45) is 5.73 Å². The van der Waals surface area contributed by atoms with Gasteiger partial charge in [-0.05, 0) is 37.1 Å². The molecule has 0 saturated carbocycles. The number of hydrogen-bond acceptors (Lipinski definition) is 2. The minimum absolute atomic E-state index is 0.325. The van der Waals surface area contributed by atoms with Gasteiger partial charge in [0.1, 0.15) is 0 Å². The van der Waals surface area contributed by atoms with Gasteiger partial charge in [0.2, 0.25) is 0 Å². The number of ether oxygens (including phenoxy) is 1. The van der Waals surface area contributed by atoms with Crippen LogP contribution in [0.1, 0.15) is 36.6 Å². The van der Waals surface area contributed by atoms with E-state index in [1.807, 2.05) is 0 Å². The molecular weight excluding hydrogens is 231 g/mol. The zero-order valence-corrected chi connectivity index (χ0v) is 9.64. The average Bonchev–Trinajstić information content (AvgIpc) is 2.22. The second-order valence-corrected chi connectivity index (χ2v) is 4.73. The standard InChI is InChI=1S/C12H14F3NO/c1-11(2)9-5-7(12(13,14)15)3-4-8(9)10(16)6-17-11/h3-5,10H,6,16H2,1-2H3. The van der Waals surface area contributed by atoms with Crippen LogP contribution in [0.25, 0.3) is 0 Å². The molecule has 0 radical (unpaired) electrons. The number of fused-ring (bicyclic) bond motifs is 1. The van der Waals surface area contributed by atoms with Crippen molar-refractivity contribution >= 4 is 0 Å². The second kappa shape index (κ2) is 3.71. The lowest BCUT2D eigenvalue weighted by molar-refractivity contribution is -0.137. The van der Waals surface area contributed by atoms with Crippen LogP contribution in [0.2, 0.25) is 0 Å². The second-order valence-electron chi connectivity index (χ2n) is 4.73. The molecule has 1 unspecified atom stereocenters. The highest BCUT2D eigenvalue weighted by molar-refractivity contribution is 5.40. The summed E-state index contributed by atoms with van der Waals surface area (Å²) >= 11 is 0. The van der Waals surface area contributed by atoms with Gasteiger partial charge in [-0.15, -0.1) is 0 Å². The number of hydrogen-bond donors (Lipinski definition) is 1. The summed E-state index contributed by atoms with van der Waals surface area (Å²) in [5.41, 5.74) is 5.68. The fourth-order valence-electron chi connectivity index (χ4n) is 2.04. The largest absolute Gasteiger partial charge is 0.416 e. The molecule has 1 aromatic rings. The summed E-state index contributed by atoms with van der Waals surface area (Å²) in [5.74, 6) is 0. The van der Waals surface area contributed by atoms with Gasteiger partial charge in [-0.3, -0.25) is 0 Å². The Morgan fingerprint density at radius 3 is 2.59 bits per heavy atom. The average molecular weight is 245 g/mol. The Labute approximate surface area is 97.6 Å². The molecule has 1 aliphatic heterocycles. The molecule has 0 aromatic heterocycles. The van der Waals surface area contributed by atoms with E-state index in [2.05, 4.69) is 0 Å². The van der Waals surface area contributed by atoms with Gasteiger partial charge < -0.3 is 10.5 Å². The van der Waals surface area contributed by atoms with Gasteiger partial charge in [0, 0.05) is 0 Å². The lowest BCUT2D eigenvalue weighted by Crippen LogP contribution is -2.35. The van der Waals surface area contributed by atoms with Gasteiger partial charge >= 0.3 is 6.18 Å². The van der Waals surface area contributed by atoms with Crippen LogP contribution in [0, 0.1) is 0 Å². The number of alkyl halides is 3. The molecule has 0 saturated heterocycles. The number of halogens is 3. The van der Waals surface area contributed by atoms with Crippen LogP contribution < -0.4 is 5.73 Å². The fourth-order valence-corrected chi connectivity index (χ4v) is 2.04. The van der Waals surface area contributed by atoms with E-state index in [-0.39, 0.29) is 6.04 Å². The van der Waals surface area contributed by atoms with Crippen LogP contribution >= 0.6 is 0 Å². The van der Waals surface area contributed by atoms with E-state index < -0.39 is 17.3 Å². The maximum absolute atomic E-state index is 12.6. The third-order valence-corrected chi connectivity index (χ3v) is 3.05. The molecule has 2 rings (SSSR count). The van der Waals surface area contributed by atoms with Gasteiger partial charge in [0.25, 0.3) is 0 Å². The van der Waals surface area contributed by atoms with Crippen molar-refractivity contribution in [1.82, 2.24) is 0 Å². The first-order chi connectivity index (χ1) is 7.72. The first-order valence-corrected chi connectivity index (χ1v) is 5.33. The predicted octanol–water partition coefficient (Wildman–Crippen LogP) is 2.97. The van der Waals surface area contributed by atoms with Gasteiger partial charge in [0.05, 0.1) is 23.8 Å². The van der Waals surface area contributed by atoms with Crippen molar-refractivity contribution < 1.29 is 17.9 Å². The lowest BCUT2D eigenvalue weighted by atomic mass is 9.86. The molecule has 5 heteroatoms. The molecular formula is C12H14F3NO. The van der Waals surface area contributed by atoms with Crippen LogP contribution in [-0.4, -0.2) is 6.61 Å². The molecule has 2 N–H and O–H groups in total. The molecule has 1 aliphatic rings. The normalized spacial score (nSPS) is 23.3. The molecule has 17 heavy (non-hydrogen) atoms. The van der Waals surface area contributed by atoms with E-state index >= 15 is 0 Å². The molecule has 1 heterocycles. The van der Waals surface area contributed by atoms with Gasteiger partial charge in [0.15, 0.2) is 0 Å². The van der Waals surface area contributed by atoms with E-state index in [9.17, 15) is 13.2 Å². The summed E-state index contributed by atoms with van der Waals surface area (Å²) in [6.07, 6.45) is -4.34. The van der Waals surface area contributed by atoms with Gasteiger partial charge in [-0.2, -0.15) is 13.2 Å². The third-order valence-electron chi connectivity index (χ3n) is 3.05. The summed E-state index contributed by atoms with van der Waals surface area (Å²) in [6.45, 7) is 3.82. The van der Waals surface area contributed by atoms with E-state index in [1.54, 1.807) is 13.8 Å². The molecule has 1 aromatic carbocycles. The van der Waals surface area contributed by atoms with Gasteiger partial charge in [-0.1, -0.05) is 6.07 Å². The molecule has 0 aliphatic carbocycles. The van der Waals surface area contributed by atoms with E-state index in [0.29, 0.717) is 12.2 Å². The Morgan fingerprint density at radius 2 is 2.00 bits per heavy atom. The number of nitrogens with two attached hydrogens (primary N) is 1. The van der Waals surface area contributed by atoms with Crippen LogP contribution in [0.4, 0.5) is 13.2 Å². The predicted molar refractivity (Wildman–Crippen MR) is 57.4 cm³/mol. The fraction of sp³-hybridized carbons (Fsp3) is 0.500. The monoisotopic (exact) mass is 245 g/mol. The number of benzene rings is 1. The lowest BCUT2D eigenvalue weighted by Gasteiger charge is -2.36. The molecule has 94 valence electrons. The Morgan fingerprint density at radius 1 is 1.35 bits per heavy atom. The zero-order chi connectivity index (χ0) is 12.8. The van der Waals surface area contributed by atoms with Crippen LogP contribution in [0.15, 0.2) is 18.2 Å². The van der Waals surface area contributed by atoms with Crippen LogP contribution in [0.5, 0.6) is 0 Å². The van der Waals surface area contributed by atoms with Crippen LogP contribution in [-0.2, 0) is 16.5 Å². The van der Waals surface area contributed by atoms with E-state index in [4.69, 9.17) is 10.5 Å². The topological polar surface area (TPSA) is 35.2 Å². The van der Waals surface area contributed by atoms with Crippen LogP contribution in [0.3, 0.4) is 0 Å². The SMILES string of the molecule is CC1(C)OCC(N)c2ccc(C(F)(F)F)cc21. The maximum atomic E-state index is 12.6. The molecule has 1 atom stereocenters. The molecule has 0 amide bonds. The molecule has 0 fully saturated rings. The highest BCUT2D eigenvalue weighted by Gasteiger charge is 2.36. The Kier molecular flexibility index (Phi) is 2.71. The van der Waals surface area contributed by atoms with Crippen molar-refractivity contribution in [3.63, 3.8) is 0 Å². The highest BCUT2D eigenvalue weighted by atomic mass is 19.4. The van der Waals surface area contributed by atoms with Crippen molar-refractivity contribution in [1.29, 1.82) is 0 Å². The molecule has 0 spiro atoms. The minimum Gasteiger partial charge on any atom is -0.369 e. The van der Waals surface area contributed by atoms with Crippen molar-refractivity contribution in [3.8, 4) is 0 Å². The Bertz CT molecular complexity index is 440. The van der Waals surface area contributed by atoms with Crippen molar-refractivity contribution in [2.45, 2.75) is 31.7 Å². The Hall–Kier alpha value is -1.07. The number of rotatable bonds is 0. The highest BCUT2D eigenvalue weighted by Crippen LogP contribution is 2.39. The van der Waals surface area contributed by atoms with E-state index in [1.165, 1.54) is 6.07 Å². The minimum atomic E-state index is -4.34. The summed E-state index contributed by atoms with van der Waals surface area (Å²) in [7, 11) is 0. The molecule has 0 bridgehead atoms. The van der Waals surface area contributed by atoms with E-state index in [0.717, 1.165) is 17.7 Å². The van der Waals surface area contributed by atoms with Crippen molar-refractivity contribution in [2.75, 3.05) is 6.61 Å². The first-order valence-electron chi connectivity index (χ1n) is 5.33. The summed E-state index contributed by atoms with van der Waals surface area (Å²) in [5, 5.41) is 0. The summed E-state index contributed by atoms with van der Waals surface area (Å²) < 4.78 is 43.4. The summed E-state index contributed by atoms with van der Waals surface area (Å²) in [6, 6.07) is 3.29. The van der Waals surface area contributed by atoms with Crippen molar-refractivity contribution in [3.05, 3.63) is 34.9 Å². The Balaban J connectivity index is 2.56. The zero-order valence-electron chi connectivity index (χ0n) is 9.64. The van der Waals surface area contributed by atoms with Gasteiger partial charge in [-0.25, -0.2) is 0 Å². The first kappa shape index (κ1) is 12.4. The third kappa shape index (κ3) is 2.17. The maximum Gasteiger partial charge on any atom is 0.416 e. The smallest absolute Gasteiger partial charge is 0.369 e. The summed E-state index contributed by atoms with van der Waals surface area (Å²) in [4.78, 5) is 0. The molecule has 2 nitrogen and oxygen atoms in total.